The molecule has 1 aromatic heterocycles. The average Bonchev–Trinajstić information content (AvgIpc) is 3.07. The highest BCUT2D eigenvalue weighted by Crippen LogP contribution is 2.31. The number of alkyl halides is 2. The van der Waals surface area contributed by atoms with Gasteiger partial charge in [-0.1, -0.05) is 41.0 Å². The lowest BCUT2D eigenvalue weighted by molar-refractivity contribution is 0.00579. The lowest BCUT2D eigenvalue weighted by Crippen LogP contribution is -2.35. The third-order valence-corrected chi connectivity index (χ3v) is 7.91. The SMILES string of the molecule is CCC(CCC(C)(F)F)Cn1c(C(C)(C)C)nc2cc(S(=O)N3CCCC(C)C3)ccc21. The Labute approximate surface area is 194 Å². The molecule has 3 atom stereocenters. The predicted octanol–water partition coefficient (Wildman–Crippen LogP) is 6.55. The van der Waals surface area contributed by atoms with Crippen molar-refractivity contribution in [2.45, 2.75) is 96.4 Å². The van der Waals surface area contributed by atoms with Gasteiger partial charge in [0.15, 0.2) is 0 Å². The molecule has 1 fully saturated rings. The fourth-order valence-corrected chi connectivity index (χ4v) is 5.94. The second-order valence-corrected chi connectivity index (χ2v) is 12.2. The summed E-state index contributed by atoms with van der Waals surface area (Å²) in [5.74, 6) is -0.973. The molecule has 1 aromatic carbocycles. The van der Waals surface area contributed by atoms with E-state index in [1.165, 1.54) is 6.42 Å². The van der Waals surface area contributed by atoms with Crippen molar-refractivity contribution in [2.75, 3.05) is 13.1 Å². The summed E-state index contributed by atoms with van der Waals surface area (Å²) >= 11 is 0. The normalized spacial score (nSPS) is 20.6. The molecule has 0 spiro atoms. The Morgan fingerprint density at radius 1 is 1.25 bits per heavy atom. The van der Waals surface area contributed by atoms with E-state index in [1.807, 2.05) is 18.2 Å². The van der Waals surface area contributed by atoms with E-state index in [2.05, 4.69) is 43.5 Å². The van der Waals surface area contributed by atoms with Crippen LogP contribution in [0.1, 0.15) is 79.5 Å². The molecule has 2 heterocycles. The third kappa shape index (κ3) is 6.16. The molecule has 0 amide bonds. The molecule has 0 bridgehead atoms. The first-order chi connectivity index (χ1) is 14.9. The summed E-state index contributed by atoms with van der Waals surface area (Å²) in [5.41, 5.74) is 1.64. The van der Waals surface area contributed by atoms with Crippen molar-refractivity contribution in [3.05, 3.63) is 24.0 Å². The molecule has 3 unspecified atom stereocenters. The quantitative estimate of drug-likeness (QED) is 0.441. The Balaban J connectivity index is 1.92. The summed E-state index contributed by atoms with van der Waals surface area (Å²) in [6.07, 6.45) is 3.50. The maximum Gasteiger partial charge on any atom is 0.245 e. The summed E-state index contributed by atoms with van der Waals surface area (Å²) < 4.78 is 44.4. The van der Waals surface area contributed by atoms with Crippen molar-refractivity contribution >= 4 is 22.0 Å². The minimum Gasteiger partial charge on any atom is -0.327 e. The summed E-state index contributed by atoms with van der Waals surface area (Å²) in [6.45, 7) is 14.0. The first-order valence-electron chi connectivity index (χ1n) is 11.9. The van der Waals surface area contributed by atoms with E-state index in [9.17, 15) is 13.0 Å². The molecule has 0 radical (unpaired) electrons. The van der Waals surface area contributed by atoms with E-state index < -0.39 is 16.9 Å². The first-order valence-corrected chi connectivity index (χ1v) is 13.0. The summed E-state index contributed by atoms with van der Waals surface area (Å²) in [5, 5.41) is 0. The topological polar surface area (TPSA) is 38.1 Å². The number of imidazole rings is 1. The fourth-order valence-electron chi connectivity index (χ4n) is 4.56. The molecule has 32 heavy (non-hydrogen) atoms. The van der Waals surface area contributed by atoms with Gasteiger partial charge in [-0.15, -0.1) is 0 Å². The molecule has 3 rings (SSSR count). The maximum absolute atomic E-state index is 13.5. The van der Waals surface area contributed by atoms with Crippen LogP contribution in [0.2, 0.25) is 0 Å². The smallest absolute Gasteiger partial charge is 0.245 e. The van der Waals surface area contributed by atoms with Gasteiger partial charge in [0.05, 0.1) is 15.9 Å². The number of halogens is 2. The van der Waals surface area contributed by atoms with Crippen LogP contribution in [0.4, 0.5) is 8.78 Å². The van der Waals surface area contributed by atoms with Gasteiger partial charge in [-0.25, -0.2) is 22.3 Å². The highest BCUT2D eigenvalue weighted by Gasteiger charge is 2.28. The predicted molar refractivity (Wildman–Crippen MR) is 128 cm³/mol. The second kappa shape index (κ2) is 9.88. The van der Waals surface area contributed by atoms with Crippen LogP contribution < -0.4 is 0 Å². The zero-order valence-corrected chi connectivity index (χ0v) is 21.3. The molecule has 0 saturated carbocycles. The molecule has 1 saturated heterocycles. The van der Waals surface area contributed by atoms with Crippen LogP contribution in [-0.4, -0.2) is 37.1 Å². The maximum atomic E-state index is 13.5. The minimum absolute atomic E-state index is 0.0969. The Morgan fingerprint density at radius 2 is 1.97 bits per heavy atom. The van der Waals surface area contributed by atoms with Crippen molar-refractivity contribution in [1.29, 1.82) is 0 Å². The number of nitrogens with zero attached hydrogens (tertiary/aromatic N) is 3. The van der Waals surface area contributed by atoms with Crippen molar-refractivity contribution in [2.24, 2.45) is 11.8 Å². The van der Waals surface area contributed by atoms with Gasteiger partial charge in [0.1, 0.15) is 16.8 Å². The van der Waals surface area contributed by atoms with Gasteiger partial charge in [-0.05, 0) is 56.2 Å². The van der Waals surface area contributed by atoms with E-state index >= 15 is 0 Å². The van der Waals surface area contributed by atoms with Crippen LogP contribution in [0.15, 0.2) is 23.1 Å². The van der Waals surface area contributed by atoms with E-state index in [0.717, 1.165) is 54.6 Å². The van der Waals surface area contributed by atoms with E-state index in [0.29, 0.717) is 18.9 Å². The molecule has 1 aliphatic rings. The molecule has 180 valence electrons. The minimum atomic E-state index is -2.64. The van der Waals surface area contributed by atoms with E-state index in [4.69, 9.17) is 4.98 Å². The van der Waals surface area contributed by atoms with Crippen LogP contribution in [0.25, 0.3) is 11.0 Å². The van der Waals surface area contributed by atoms with Gasteiger partial charge in [0.25, 0.3) is 0 Å². The lowest BCUT2D eigenvalue weighted by atomic mass is 9.94. The second-order valence-electron chi connectivity index (χ2n) is 10.7. The van der Waals surface area contributed by atoms with E-state index in [-0.39, 0.29) is 17.8 Å². The lowest BCUT2D eigenvalue weighted by Gasteiger charge is -2.29. The number of rotatable bonds is 8. The van der Waals surface area contributed by atoms with Crippen molar-refractivity contribution in [3.63, 3.8) is 0 Å². The summed E-state index contributed by atoms with van der Waals surface area (Å²) in [7, 11) is -1.19. The largest absolute Gasteiger partial charge is 0.327 e. The molecule has 1 aliphatic heterocycles. The molecule has 7 heteroatoms. The summed E-state index contributed by atoms with van der Waals surface area (Å²) in [4.78, 5) is 5.73. The highest BCUT2D eigenvalue weighted by molar-refractivity contribution is 7.82. The van der Waals surface area contributed by atoms with Crippen molar-refractivity contribution < 1.29 is 13.0 Å². The van der Waals surface area contributed by atoms with Crippen LogP contribution in [0.3, 0.4) is 0 Å². The number of benzene rings is 1. The zero-order chi connectivity index (χ0) is 23.7. The molecule has 2 aromatic rings. The molecule has 4 nitrogen and oxygen atoms in total. The summed E-state index contributed by atoms with van der Waals surface area (Å²) in [6, 6.07) is 5.92. The highest BCUT2D eigenvalue weighted by atomic mass is 32.2. The number of hydrogen-bond donors (Lipinski definition) is 0. The molecular formula is C25H39F2N3OS. The van der Waals surface area contributed by atoms with Crippen LogP contribution in [0, 0.1) is 11.8 Å². The third-order valence-electron chi connectivity index (χ3n) is 6.46. The molecular weight excluding hydrogens is 428 g/mol. The zero-order valence-electron chi connectivity index (χ0n) is 20.5. The standard InChI is InChI=1S/C25H39F2N3OS/c1-7-19(12-13-25(6,26)27)17-30-22-11-10-20(15-21(22)28-23(30)24(3,4)5)32(31)29-14-8-9-18(2)16-29/h10-11,15,18-19H,7-9,12-14,16-17H2,1-6H3. The monoisotopic (exact) mass is 467 g/mol. The first kappa shape index (κ1) is 25.3. The van der Waals surface area contributed by atoms with Gasteiger partial charge in [0, 0.05) is 31.5 Å². The Morgan fingerprint density at radius 3 is 2.56 bits per heavy atom. The number of fused-ring (bicyclic) bond motifs is 1. The number of hydrogen-bond acceptors (Lipinski definition) is 2. The molecule has 0 aliphatic carbocycles. The van der Waals surface area contributed by atoms with Gasteiger partial charge in [-0.2, -0.15) is 0 Å². The van der Waals surface area contributed by atoms with Crippen molar-refractivity contribution in [3.8, 4) is 0 Å². The number of aromatic nitrogens is 2. The van der Waals surface area contributed by atoms with Gasteiger partial charge >= 0.3 is 0 Å². The van der Waals surface area contributed by atoms with Crippen LogP contribution in [-0.2, 0) is 22.9 Å². The van der Waals surface area contributed by atoms with Crippen LogP contribution >= 0.6 is 0 Å². The number of piperidine rings is 1. The van der Waals surface area contributed by atoms with Gasteiger partial charge < -0.3 is 4.57 Å². The Kier molecular flexibility index (Phi) is 7.81. The fraction of sp³-hybridized carbons (Fsp3) is 0.720. The van der Waals surface area contributed by atoms with Crippen molar-refractivity contribution in [1.82, 2.24) is 13.9 Å². The van der Waals surface area contributed by atoms with E-state index in [1.54, 1.807) is 0 Å². The van der Waals surface area contributed by atoms with Gasteiger partial charge in [-0.3, -0.25) is 0 Å². The van der Waals surface area contributed by atoms with Crippen LogP contribution in [0.5, 0.6) is 0 Å². The van der Waals surface area contributed by atoms with Gasteiger partial charge in [0.2, 0.25) is 5.92 Å². The Hall–Kier alpha value is -1.34. The Bertz CT molecular complexity index is 945. The molecule has 0 N–H and O–H groups in total. The average molecular weight is 468 g/mol.